The molecule has 156 valence electrons. The van der Waals surface area contributed by atoms with Crippen molar-refractivity contribution in [1.82, 2.24) is 10.6 Å². The van der Waals surface area contributed by atoms with Gasteiger partial charge in [0.2, 0.25) is 0 Å². The summed E-state index contributed by atoms with van der Waals surface area (Å²) in [5, 5.41) is 7.32. The van der Waals surface area contributed by atoms with Gasteiger partial charge in [0.05, 0.1) is 4.90 Å². The Kier molecular flexibility index (Phi) is 5.44. The van der Waals surface area contributed by atoms with Gasteiger partial charge in [0.1, 0.15) is 11.4 Å². The summed E-state index contributed by atoms with van der Waals surface area (Å²) in [6.07, 6.45) is 4.18. The molecule has 2 atom stereocenters. The first-order chi connectivity index (χ1) is 13.7. The number of hydrogen-bond donors (Lipinski definition) is 2. The van der Waals surface area contributed by atoms with Crippen LogP contribution in [0.5, 0.6) is 5.75 Å². The minimum absolute atomic E-state index is 0.244. The van der Waals surface area contributed by atoms with Gasteiger partial charge in [-0.1, -0.05) is 30.3 Å². The van der Waals surface area contributed by atoms with Crippen LogP contribution in [0.15, 0.2) is 47.4 Å². The highest BCUT2D eigenvalue weighted by Gasteiger charge is 2.33. The molecule has 0 saturated carbocycles. The topological polar surface area (TPSA) is 67.4 Å². The highest BCUT2D eigenvalue weighted by Crippen LogP contribution is 2.39. The lowest BCUT2D eigenvalue weighted by atomic mass is 9.92. The Balaban J connectivity index is 1.60. The van der Waals surface area contributed by atoms with Gasteiger partial charge in [0, 0.05) is 36.9 Å². The van der Waals surface area contributed by atoms with Crippen LogP contribution in [0.25, 0.3) is 0 Å². The van der Waals surface area contributed by atoms with Crippen LogP contribution in [0, 0.1) is 0 Å². The summed E-state index contributed by atoms with van der Waals surface area (Å²) in [6.45, 7) is 5.67. The molecule has 5 nitrogen and oxygen atoms in total. The maximum absolute atomic E-state index is 12.2. The molecule has 2 aromatic rings. The molecule has 0 spiro atoms. The Morgan fingerprint density at radius 2 is 1.97 bits per heavy atom. The molecular weight excluding hydrogens is 384 g/mol. The predicted molar refractivity (Wildman–Crippen MR) is 115 cm³/mol. The fourth-order valence-corrected chi connectivity index (χ4v) is 5.17. The summed E-state index contributed by atoms with van der Waals surface area (Å²) in [6, 6.07) is 14.6. The SMILES string of the molecule is CC1(C)Cc2cc(S(C)(=O)=O)cc(CN[C@H]3CCCN[C@H]3c3ccccc3)c2O1. The lowest BCUT2D eigenvalue weighted by Crippen LogP contribution is -2.45. The second-order valence-corrected chi connectivity index (χ2v) is 10.9. The smallest absolute Gasteiger partial charge is 0.175 e. The zero-order chi connectivity index (χ0) is 20.6. The van der Waals surface area contributed by atoms with Crippen molar-refractivity contribution in [3.05, 3.63) is 59.2 Å². The molecule has 6 heteroatoms. The summed E-state index contributed by atoms with van der Waals surface area (Å²) in [5.41, 5.74) is 2.87. The molecule has 2 aliphatic rings. The second-order valence-electron chi connectivity index (χ2n) is 8.85. The highest BCUT2D eigenvalue weighted by atomic mass is 32.2. The zero-order valence-corrected chi connectivity index (χ0v) is 18.2. The minimum atomic E-state index is -3.28. The van der Waals surface area contributed by atoms with E-state index in [1.165, 1.54) is 11.8 Å². The third-order valence-corrected chi connectivity index (χ3v) is 6.90. The quantitative estimate of drug-likeness (QED) is 0.785. The van der Waals surface area contributed by atoms with Gasteiger partial charge in [0.25, 0.3) is 0 Å². The molecule has 0 aromatic heterocycles. The van der Waals surface area contributed by atoms with Crippen LogP contribution < -0.4 is 15.4 Å². The summed E-state index contributed by atoms with van der Waals surface area (Å²) in [4.78, 5) is 0.371. The van der Waals surface area contributed by atoms with E-state index in [9.17, 15) is 8.42 Å². The summed E-state index contributed by atoms with van der Waals surface area (Å²) >= 11 is 0. The first kappa shape index (κ1) is 20.4. The van der Waals surface area contributed by atoms with Crippen molar-refractivity contribution in [2.75, 3.05) is 12.8 Å². The molecule has 2 aromatic carbocycles. The molecule has 0 unspecified atom stereocenters. The van der Waals surface area contributed by atoms with E-state index in [4.69, 9.17) is 4.74 Å². The van der Waals surface area contributed by atoms with Crippen molar-refractivity contribution in [3.63, 3.8) is 0 Å². The van der Waals surface area contributed by atoms with Crippen LogP contribution in [0.1, 0.15) is 49.4 Å². The average molecular weight is 415 g/mol. The number of sulfone groups is 1. The fraction of sp³-hybridized carbons (Fsp3) is 0.478. The van der Waals surface area contributed by atoms with E-state index in [1.54, 1.807) is 12.1 Å². The first-order valence-electron chi connectivity index (χ1n) is 10.3. The third kappa shape index (κ3) is 4.49. The molecular formula is C23H30N2O3S. The number of benzene rings is 2. The van der Waals surface area contributed by atoms with Gasteiger partial charge in [-0.15, -0.1) is 0 Å². The van der Waals surface area contributed by atoms with Crippen LogP contribution in [0.3, 0.4) is 0 Å². The Bertz CT molecular complexity index is 987. The zero-order valence-electron chi connectivity index (χ0n) is 17.4. The van der Waals surface area contributed by atoms with E-state index in [1.807, 2.05) is 19.9 Å². The Morgan fingerprint density at radius 3 is 2.69 bits per heavy atom. The van der Waals surface area contributed by atoms with Gasteiger partial charge in [-0.2, -0.15) is 0 Å². The molecule has 0 amide bonds. The van der Waals surface area contributed by atoms with E-state index < -0.39 is 9.84 Å². The Labute approximate surface area is 173 Å². The number of nitrogens with one attached hydrogen (secondary N) is 2. The van der Waals surface area contributed by atoms with E-state index in [0.29, 0.717) is 11.4 Å². The van der Waals surface area contributed by atoms with Gasteiger partial charge < -0.3 is 15.4 Å². The maximum Gasteiger partial charge on any atom is 0.175 e. The van der Waals surface area contributed by atoms with Crippen molar-refractivity contribution in [2.24, 2.45) is 0 Å². The number of rotatable bonds is 5. The number of piperidine rings is 1. The lowest BCUT2D eigenvalue weighted by Gasteiger charge is -2.34. The molecule has 2 aliphatic heterocycles. The van der Waals surface area contributed by atoms with E-state index in [-0.39, 0.29) is 17.7 Å². The van der Waals surface area contributed by atoms with Gasteiger partial charge in [-0.25, -0.2) is 8.42 Å². The summed E-state index contributed by atoms with van der Waals surface area (Å²) < 4.78 is 30.6. The predicted octanol–water partition coefficient (Wildman–Crippen LogP) is 3.39. The molecule has 0 bridgehead atoms. The van der Waals surface area contributed by atoms with Crippen molar-refractivity contribution in [2.45, 2.75) is 62.2 Å². The molecule has 4 rings (SSSR count). The fourth-order valence-electron chi connectivity index (χ4n) is 4.46. The molecule has 1 fully saturated rings. The second kappa shape index (κ2) is 7.74. The Hall–Kier alpha value is -1.89. The van der Waals surface area contributed by atoms with E-state index in [0.717, 1.165) is 42.7 Å². The number of hydrogen-bond acceptors (Lipinski definition) is 5. The molecule has 29 heavy (non-hydrogen) atoms. The van der Waals surface area contributed by atoms with Crippen molar-refractivity contribution >= 4 is 9.84 Å². The Morgan fingerprint density at radius 1 is 1.21 bits per heavy atom. The molecule has 2 N–H and O–H groups in total. The normalized spacial score (nSPS) is 23.4. The average Bonchev–Trinajstić information content (AvgIpc) is 3.00. The highest BCUT2D eigenvalue weighted by molar-refractivity contribution is 7.90. The monoisotopic (exact) mass is 414 g/mol. The van der Waals surface area contributed by atoms with E-state index >= 15 is 0 Å². The third-order valence-electron chi connectivity index (χ3n) is 5.81. The van der Waals surface area contributed by atoms with Gasteiger partial charge >= 0.3 is 0 Å². The van der Waals surface area contributed by atoms with Crippen molar-refractivity contribution in [1.29, 1.82) is 0 Å². The van der Waals surface area contributed by atoms with Crippen LogP contribution in [0.2, 0.25) is 0 Å². The van der Waals surface area contributed by atoms with Crippen molar-refractivity contribution < 1.29 is 13.2 Å². The van der Waals surface area contributed by atoms with Crippen LogP contribution >= 0.6 is 0 Å². The first-order valence-corrected chi connectivity index (χ1v) is 12.2. The standard InChI is InChI=1S/C23H30N2O3S/c1-23(2)14-17-12-19(29(3,26)27)13-18(22(17)28-23)15-25-20-10-7-11-24-21(20)16-8-5-4-6-9-16/h4-6,8-9,12-13,20-21,24-25H,7,10-11,14-15H2,1-3H3/t20-,21-/m0/s1. The van der Waals surface area contributed by atoms with Crippen LogP contribution in [0.4, 0.5) is 0 Å². The summed E-state index contributed by atoms with van der Waals surface area (Å²) in [5.74, 6) is 0.843. The number of fused-ring (bicyclic) bond motifs is 1. The number of ether oxygens (including phenoxy) is 1. The molecule has 0 aliphatic carbocycles. The van der Waals surface area contributed by atoms with Crippen molar-refractivity contribution in [3.8, 4) is 5.75 Å². The van der Waals surface area contributed by atoms with Crippen LogP contribution in [-0.4, -0.2) is 32.9 Å². The van der Waals surface area contributed by atoms with Crippen LogP contribution in [-0.2, 0) is 22.8 Å². The van der Waals surface area contributed by atoms with E-state index in [2.05, 4.69) is 34.9 Å². The molecule has 0 radical (unpaired) electrons. The molecule has 2 heterocycles. The lowest BCUT2D eigenvalue weighted by molar-refractivity contribution is 0.137. The minimum Gasteiger partial charge on any atom is -0.487 e. The van der Waals surface area contributed by atoms with Gasteiger partial charge in [0.15, 0.2) is 9.84 Å². The maximum atomic E-state index is 12.2. The van der Waals surface area contributed by atoms with Gasteiger partial charge in [-0.05, 0) is 56.5 Å². The summed E-state index contributed by atoms with van der Waals surface area (Å²) in [7, 11) is -3.28. The van der Waals surface area contributed by atoms with Gasteiger partial charge in [-0.3, -0.25) is 0 Å². The molecule has 1 saturated heterocycles. The largest absolute Gasteiger partial charge is 0.487 e.